The van der Waals surface area contributed by atoms with Crippen LogP contribution in [-0.4, -0.2) is 35.3 Å². The van der Waals surface area contributed by atoms with Crippen LogP contribution in [0.1, 0.15) is 60.3 Å². The van der Waals surface area contributed by atoms with Gasteiger partial charge in [-0.1, -0.05) is 41.0 Å². The van der Waals surface area contributed by atoms with Crippen molar-refractivity contribution in [2.45, 2.75) is 72.4 Å². The van der Waals surface area contributed by atoms with Crippen LogP contribution in [0.2, 0.25) is 0 Å². The van der Waals surface area contributed by atoms with E-state index in [1.807, 2.05) is 32.6 Å². The quantitative estimate of drug-likeness (QED) is 0.869. The fourth-order valence-electron chi connectivity index (χ4n) is 3.74. The third-order valence-corrected chi connectivity index (χ3v) is 5.01. The first-order valence-electron chi connectivity index (χ1n) is 8.34. The summed E-state index contributed by atoms with van der Waals surface area (Å²) in [5.41, 5.74) is -0.243. The Morgan fingerprint density at radius 3 is 2.38 bits per heavy atom. The molecule has 0 aromatic carbocycles. The van der Waals surface area contributed by atoms with E-state index in [0.29, 0.717) is 12.3 Å². The molecule has 2 fully saturated rings. The fraction of sp³-hybridized carbons (Fsp3) is 0.882. The number of rotatable bonds is 3. The lowest BCUT2D eigenvalue weighted by atomic mass is 9.83. The third kappa shape index (κ3) is 3.41. The second-order valence-electron chi connectivity index (χ2n) is 8.01. The van der Waals surface area contributed by atoms with Gasteiger partial charge in [0.2, 0.25) is 11.8 Å². The lowest BCUT2D eigenvalue weighted by Crippen LogP contribution is -2.66. The monoisotopic (exact) mass is 294 g/mol. The molecule has 1 saturated carbocycles. The minimum Gasteiger partial charge on any atom is -0.342 e. The number of hydrogen-bond acceptors (Lipinski definition) is 2. The maximum absolute atomic E-state index is 12.9. The highest BCUT2D eigenvalue weighted by molar-refractivity contribution is 5.97. The summed E-state index contributed by atoms with van der Waals surface area (Å²) >= 11 is 0. The van der Waals surface area contributed by atoms with Crippen LogP contribution in [0.5, 0.6) is 0 Å². The zero-order chi connectivity index (χ0) is 15.8. The molecule has 2 rings (SSSR count). The van der Waals surface area contributed by atoms with Crippen LogP contribution in [0.3, 0.4) is 0 Å². The minimum absolute atomic E-state index is 0.0167. The van der Waals surface area contributed by atoms with Crippen LogP contribution < -0.4 is 5.32 Å². The summed E-state index contributed by atoms with van der Waals surface area (Å²) in [6.07, 6.45) is 4.31. The van der Waals surface area contributed by atoms with Crippen LogP contribution in [0.4, 0.5) is 0 Å². The Morgan fingerprint density at radius 1 is 1.24 bits per heavy atom. The average Bonchev–Trinajstić information content (AvgIpc) is 2.78. The maximum Gasteiger partial charge on any atom is 0.246 e. The molecule has 4 unspecified atom stereocenters. The Hall–Kier alpha value is -1.06. The maximum atomic E-state index is 12.9. The van der Waals surface area contributed by atoms with E-state index >= 15 is 0 Å². The molecule has 1 saturated heterocycles. The fourth-order valence-corrected chi connectivity index (χ4v) is 3.74. The summed E-state index contributed by atoms with van der Waals surface area (Å²) in [5.74, 6) is 1.43. The number of piperazine rings is 1. The Kier molecular flexibility index (Phi) is 4.64. The van der Waals surface area contributed by atoms with Gasteiger partial charge < -0.3 is 10.2 Å². The second-order valence-corrected chi connectivity index (χ2v) is 8.01. The number of amides is 2. The normalized spacial score (nSPS) is 34.2. The molecule has 2 aliphatic rings. The largest absolute Gasteiger partial charge is 0.342 e. The van der Waals surface area contributed by atoms with Crippen LogP contribution in [-0.2, 0) is 9.59 Å². The molecule has 21 heavy (non-hydrogen) atoms. The van der Waals surface area contributed by atoms with Gasteiger partial charge in [0.15, 0.2) is 0 Å². The van der Waals surface area contributed by atoms with E-state index in [9.17, 15) is 9.59 Å². The lowest BCUT2D eigenvalue weighted by molar-refractivity contribution is -0.153. The van der Waals surface area contributed by atoms with Crippen molar-refractivity contribution in [1.82, 2.24) is 10.2 Å². The molecule has 0 bridgehead atoms. The molecule has 1 N–H and O–H groups in total. The number of hydrogen-bond donors (Lipinski definition) is 1. The predicted molar refractivity (Wildman–Crippen MR) is 83.7 cm³/mol. The van der Waals surface area contributed by atoms with E-state index in [0.717, 1.165) is 12.5 Å². The molecule has 120 valence electrons. The van der Waals surface area contributed by atoms with E-state index in [-0.39, 0.29) is 23.3 Å². The lowest BCUT2D eigenvalue weighted by Gasteiger charge is -2.44. The Labute approximate surface area is 128 Å². The summed E-state index contributed by atoms with van der Waals surface area (Å²) in [4.78, 5) is 27.1. The van der Waals surface area contributed by atoms with Gasteiger partial charge in [0.05, 0.1) is 0 Å². The number of nitrogens with zero attached hydrogens (tertiary/aromatic N) is 1. The van der Waals surface area contributed by atoms with Gasteiger partial charge in [-0.05, 0) is 36.5 Å². The van der Waals surface area contributed by atoms with E-state index in [1.165, 1.54) is 19.3 Å². The first-order valence-corrected chi connectivity index (χ1v) is 8.34. The average molecular weight is 294 g/mol. The van der Waals surface area contributed by atoms with Gasteiger partial charge in [0.1, 0.15) is 12.1 Å². The Balaban J connectivity index is 2.16. The van der Waals surface area contributed by atoms with Crippen LogP contribution in [0.15, 0.2) is 0 Å². The molecule has 4 nitrogen and oxygen atoms in total. The van der Waals surface area contributed by atoms with Crippen LogP contribution in [0.25, 0.3) is 0 Å². The highest BCUT2D eigenvalue weighted by Crippen LogP contribution is 2.33. The van der Waals surface area contributed by atoms with Crippen molar-refractivity contribution in [3.05, 3.63) is 0 Å². The minimum atomic E-state index is -0.397. The standard InChI is InChI=1S/C17H30N2O2/c1-6-13-15(20)18-14(17(3,4)5)16(21)19(13)10-12-8-7-11(2)9-12/h11-14H,6-10H2,1-5H3,(H,18,20). The van der Waals surface area contributed by atoms with Gasteiger partial charge in [0.25, 0.3) is 0 Å². The highest BCUT2D eigenvalue weighted by Gasteiger charge is 2.45. The van der Waals surface area contributed by atoms with E-state index in [2.05, 4.69) is 12.2 Å². The Bertz CT molecular complexity index is 414. The van der Waals surface area contributed by atoms with Crippen LogP contribution in [0, 0.1) is 17.3 Å². The SMILES string of the molecule is CCC1C(=O)NC(C(C)(C)C)C(=O)N1CC1CCC(C)C1. The molecule has 1 aliphatic heterocycles. The first kappa shape index (κ1) is 16.3. The summed E-state index contributed by atoms with van der Waals surface area (Å²) in [6.45, 7) is 11.1. The second kappa shape index (κ2) is 5.98. The zero-order valence-electron chi connectivity index (χ0n) is 14.1. The van der Waals surface area contributed by atoms with Crippen molar-refractivity contribution in [1.29, 1.82) is 0 Å². The smallest absolute Gasteiger partial charge is 0.246 e. The molecule has 0 aromatic rings. The van der Waals surface area contributed by atoms with Crippen molar-refractivity contribution in [2.24, 2.45) is 17.3 Å². The molecule has 4 heteroatoms. The number of carbonyl (C=O) groups excluding carboxylic acids is 2. The van der Waals surface area contributed by atoms with E-state index in [4.69, 9.17) is 0 Å². The van der Waals surface area contributed by atoms with E-state index in [1.54, 1.807) is 0 Å². The molecule has 2 amide bonds. The molecule has 0 radical (unpaired) electrons. The molecule has 0 aromatic heterocycles. The van der Waals surface area contributed by atoms with Gasteiger partial charge in [-0.15, -0.1) is 0 Å². The summed E-state index contributed by atoms with van der Waals surface area (Å²) in [7, 11) is 0. The molecular weight excluding hydrogens is 264 g/mol. The van der Waals surface area contributed by atoms with Gasteiger partial charge in [-0.25, -0.2) is 0 Å². The van der Waals surface area contributed by atoms with Gasteiger partial charge in [0, 0.05) is 6.54 Å². The molecule has 1 heterocycles. The van der Waals surface area contributed by atoms with Gasteiger partial charge in [-0.3, -0.25) is 9.59 Å². The van der Waals surface area contributed by atoms with Crippen molar-refractivity contribution < 1.29 is 9.59 Å². The van der Waals surface area contributed by atoms with Gasteiger partial charge in [-0.2, -0.15) is 0 Å². The van der Waals surface area contributed by atoms with E-state index < -0.39 is 6.04 Å². The summed E-state index contributed by atoms with van der Waals surface area (Å²) in [6, 6.07) is -0.682. The summed E-state index contributed by atoms with van der Waals surface area (Å²) in [5, 5.41) is 2.94. The molecule has 1 aliphatic carbocycles. The molecule has 4 atom stereocenters. The predicted octanol–water partition coefficient (Wildman–Crippen LogP) is 2.57. The number of carbonyl (C=O) groups is 2. The molecule has 0 spiro atoms. The zero-order valence-corrected chi connectivity index (χ0v) is 14.1. The third-order valence-electron chi connectivity index (χ3n) is 5.01. The van der Waals surface area contributed by atoms with Gasteiger partial charge >= 0.3 is 0 Å². The molecular formula is C17H30N2O2. The number of nitrogens with one attached hydrogen (secondary N) is 1. The highest BCUT2D eigenvalue weighted by atomic mass is 16.2. The summed E-state index contributed by atoms with van der Waals surface area (Å²) < 4.78 is 0. The van der Waals surface area contributed by atoms with Crippen molar-refractivity contribution >= 4 is 11.8 Å². The van der Waals surface area contributed by atoms with Crippen molar-refractivity contribution in [2.75, 3.05) is 6.54 Å². The Morgan fingerprint density at radius 2 is 1.90 bits per heavy atom. The van der Waals surface area contributed by atoms with Crippen molar-refractivity contribution in [3.8, 4) is 0 Å². The first-order chi connectivity index (χ1) is 9.74. The van der Waals surface area contributed by atoms with Crippen LogP contribution >= 0.6 is 0 Å². The topological polar surface area (TPSA) is 49.4 Å². The van der Waals surface area contributed by atoms with Crippen molar-refractivity contribution in [3.63, 3.8) is 0 Å².